The SMILES string of the molecule is CCOC(=O)N1CCN(c2c(Cl)cccc2NCC(O)CO)CC1. The van der Waals surface area contributed by atoms with E-state index in [0.717, 1.165) is 11.4 Å². The molecule has 0 bridgehead atoms. The van der Waals surface area contributed by atoms with Gasteiger partial charge in [-0.15, -0.1) is 0 Å². The molecule has 1 fully saturated rings. The van der Waals surface area contributed by atoms with Crippen molar-refractivity contribution in [3.05, 3.63) is 23.2 Å². The highest BCUT2D eigenvalue weighted by Crippen LogP contribution is 2.34. The van der Waals surface area contributed by atoms with E-state index in [4.69, 9.17) is 21.4 Å². The zero-order valence-electron chi connectivity index (χ0n) is 13.7. The molecule has 0 saturated carbocycles. The number of ether oxygens (including phenoxy) is 1. The molecule has 0 aliphatic carbocycles. The van der Waals surface area contributed by atoms with Gasteiger partial charge in [0.25, 0.3) is 0 Å². The summed E-state index contributed by atoms with van der Waals surface area (Å²) in [4.78, 5) is 15.6. The second kappa shape index (κ2) is 8.96. The number of para-hydroxylation sites is 1. The van der Waals surface area contributed by atoms with Crippen LogP contribution in [0.3, 0.4) is 0 Å². The van der Waals surface area contributed by atoms with E-state index in [1.165, 1.54) is 0 Å². The molecule has 1 unspecified atom stereocenters. The van der Waals surface area contributed by atoms with Gasteiger partial charge < -0.3 is 30.1 Å². The maximum absolute atomic E-state index is 11.8. The van der Waals surface area contributed by atoms with Crippen molar-refractivity contribution in [2.24, 2.45) is 0 Å². The van der Waals surface area contributed by atoms with E-state index in [2.05, 4.69) is 10.2 Å². The Morgan fingerprint density at radius 1 is 1.38 bits per heavy atom. The van der Waals surface area contributed by atoms with Crippen LogP contribution < -0.4 is 10.2 Å². The van der Waals surface area contributed by atoms with Gasteiger partial charge in [-0.25, -0.2) is 4.79 Å². The summed E-state index contributed by atoms with van der Waals surface area (Å²) >= 11 is 6.36. The molecule has 8 heteroatoms. The van der Waals surface area contributed by atoms with E-state index >= 15 is 0 Å². The van der Waals surface area contributed by atoms with Crippen molar-refractivity contribution in [2.45, 2.75) is 13.0 Å². The number of anilines is 2. The number of carbonyl (C=O) groups is 1. The summed E-state index contributed by atoms with van der Waals surface area (Å²) in [6.07, 6.45) is -1.13. The van der Waals surface area contributed by atoms with Crippen molar-refractivity contribution in [1.82, 2.24) is 4.90 Å². The number of rotatable bonds is 6. The maximum Gasteiger partial charge on any atom is 0.409 e. The van der Waals surface area contributed by atoms with Crippen LogP contribution in [0.1, 0.15) is 6.92 Å². The Hall–Kier alpha value is -1.70. The third-order valence-corrected chi connectivity index (χ3v) is 4.15. The molecular formula is C16H24ClN3O4. The van der Waals surface area contributed by atoms with Crippen molar-refractivity contribution in [3.8, 4) is 0 Å². The van der Waals surface area contributed by atoms with Crippen LogP contribution in [0.2, 0.25) is 5.02 Å². The smallest absolute Gasteiger partial charge is 0.409 e. The molecule has 1 aromatic rings. The number of nitrogens with zero attached hydrogens (tertiary/aromatic N) is 2. The molecule has 3 N–H and O–H groups in total. The second-order valence-electron chi connectivity index (χ2n) is 5.53. The third kappa shape index (κ3) is 4.66. The van der Waals surface area contributed by atoms with Gasteiger partial charge in [0.2, 0.25) is 0 Å². The number of amides is 1. The van der Waals surface area contributed by atoms with Gasteiger partial charge in [0.05, 0.1) is 35.7 Å². The van der Waals surface area contributed by atoms with Gasteiger partial charge in [-0.3, -0.25) is 0 Å². The molecule has 7 nitrogen and oxygen atoms in total. The number of benzene rings is 1. The first-order valence-corrected chi connectivity index (χ1v) is 8.42. The molecule has 1 saturated heterocycles. The monoisotopic (exact) mass is 357 g/mol. The molecule has 2 rings (SSSR count). The molecule has 134 valence electrons. The molecule has 0 spiro atoms. The molecule has 1 amide bonds. The van der Waals surface area contributed by atoms with Crippen LogP contribution in [-0.2, 0) is 4.74 Å². The van der Waals surface area contributed by atoms with Gasteiger partial charge in [0.1, 0.15) is 0 Å². The van der Waals surface area contributed by atoms with E-state index in [1.54, 1.807) is 11.8 Å². The van der Waals surface area contributed by atoms with E-state index in [1.807, 2.05) is 18.2 Å². The van der Waals surface area contributed by atoms with E-state index < -0.39 is 6.10 Å². The van der Waals surface area contributed by atoms with Crippen molar-refractivity contribution >= 4 is 29.1 Å². The molecule has 1 aliphatic rings. The van der Waals surface area contributed by atoms with Crippen molar-refractivity contribution < 1.29 is 19.7 Å². The van der Waals surface area contributed by atoms with E-state index in [9.17, 15) is 9.90 Å². The highest BCUT2D eigenvalue weighted by atomic mass is 35.5. The Kier molecular flexibility index (Phi) is 6.96. The number of aliphatic hydroxyl groups excluding tert-OH is 2. The van der Waals surface area contributed by atoms with Crippen molar-refractivity contribution in [3.63, 3.8) is 0 Å². The van der Waals surface area contributed by atoms with Gasteiger partial charge >= 0.3 is 6.09 Å². The summed E-state index contributed by atoms with van der Waals surface area (Å²) < 4.78 is 5.03. The molecule has 24 heavy (non-hydrogen) atoms. The van der Waals surface area contributed by atoms with E-state index in [-0.39, 0.29) is 19.2 Å². The zero-order chi connectivity index (χ0) is 17.5. The average molecular weight is 358 g/mol. The number of aliphatic hydroxyl groups is 2. The average Bonchev–Trinajstić information content (AvgIpc) is 2.60. The Morgan fingerprint density at radius 3 is 2.71 bits per heavy atom. The molecule has 0 aromatic heterocycles. The number of hydrogen-bond donors (Lipinski definition) is 3. The van der Waals surface area contributed by atoms with Crippen LogP contribution in [0.25, 0.3) is 0 Å². The summed E-state index contributed by atoms with van der Waals surface area (Å²) in [5.74, 6) is 0. The largest absolute Gasteiger partial charge is 0.450 e. The normalized spacial score (nSPS) is 16.0. The highest BCUT2D eigenvalue weighted by molar-refractivity contribution is 6.34. The Balaban J connectivity index is 2.05. The van der Waals surface area contributed by atoms with E-state index in [0.29, 0.717) is 37.8 Å². The second-order valence-corrected chi connectivity index (χ2v) is 5.93. The minimum absolute atomic E-state index is 0.229. The standard InChI is InChI=1S/C16H24ClN3O4/c1-2-24-16(23)20-8-6-19(7-9-20)15-13(17)4-3-5-14(15)18-10-12(22)11-21/h3-5,12,18,21-22H,2,6-11H2,1H3. The fraction of sp³-hybridized carbons (Fsp3) is 0.562. The van der Waals surface area contributed by atoms with Crippen LogP contribution in [0.4, 0.5) is 16.2 Å². The fourth-order valence-electron chi connectivity index (χ4n) is 2.60. The van der Waals surface area contributed by atoms with Gasteiger partial charge in [0.15, 0.2) is 0 Å². The molecule has 0 radical (unpaired) electrons. The lowest BCUT2D eigenvalue weighted by molar-refractivity contribution is 0.104. The summed E-state index contributed by atoms with van der Waals surface area (Å²) in [7, 11) is 0. The first kappa shape index (κ1) is 18.6. The third-order valence-electron chi connectivity index (χ3n) is 3.85. The number of carbonyl (C=O) groups excluding carboxylic acids is 1. The summed E-state index contributed by atoms with van der Waals surface area (Å²) in [6.45, 7) is 4.47. The van der Waals surface area contributed by atoms with Gasteiger partial charge in [-0.1, -0.05) is 17.7 Å². The fourth-order valence-corrected chi connectivity index (χ4v) is 2.89. The topological polar surface area (TPSA) is 85.3 Å². The lowest BCUT2D eigenvalue weighted by Crippen LogP contribution is -2.49. The Morgan fingerprint density at radius 2 is 2.08 bits per heavy atom. The van der Waals surface area contributed by atoms with Gasteiger partial charge in [-0.05, 0) is 19.1 Å². The first-order valence-electron chi connectivity index (χ1n) is 8.04. The van der Waals surface area contributed by atoms with Crippen LogP contribution in [0.5, 0.6) is 0 Å². The summed E-state index contributed by atoms with van der Waals surface area (Å²) in [5.41, 5.74) is 1.63. The van der Waals surface area contributed by atoms with Crippen LogP contribution >= 0.6 is 11.6 Å². The minimum atomic E-state index is -0.836. The predicted octanol–water partition coefficient (Wildman–Crippen LogP) is 1.38. The summed E-state index contributed by atoms with van der Waals surface area (Å²) in [5, 5.41) is 22.2. The lowest BCUT2D eigenvalue weighted by Gasteiger charge is -2.36. The first-order chi connectivity index (χ1) is 11.6. The molecular weight excluding hydrogens is 334 g/mol. The molecule has 1 aromatic carbocycles. The van der Waals surface area contributed by atoms with Crippen LogP contribution in [0.15, 0.2) is 18.2 Å². The minimum Gasteiger partial charge on any atom is -0.450 e. The lowest BCUT2D eigenvalue weighted by atomic mass is 10.2. The maximum atomic E-state index is 11.8. The Labute approximate surface area is 146 Å². The number of hydrogen-bond acceptors (Lipinski definition) is 6. The van der Waals surface area contributed by atoms with Crippen molar-refractivity contribution in [2.75, 3.05) is 56.2 Å². The molecule has 1 aliphatic heterocycles. The molecule has 1 heterocycles. The number of nitrogens with one attached hydrogen (secondary N) is 1. The highest BCUT2D eigenvalue weighted by Gasteiger charge is 2.24. The van der Waals surface area contributed by atoms with Gasteiger partial charge in [0, 0.05) is 32.7 Å². The van der Waals surface area contributed by atoms with Crippen molar-refractivity contribution in [1.29, 1.82) is 0 Å². The number of piperazine rings is 1. The quantitative estimate of drug-likeness (QED) is 0.713. The zero-order valence-corrected chi connectivity index (χ0v) is 14.5. The Bertz CT molecular complexity index is 550. The predicted molar refractivity (Wildman–Crippen MR) is 93.8 cm³/mol. The van der Waals surface area contributed by atoms with Gasteiger partial charge in [-0.2, -0.15) is 0 Å². The number of halogens is 1. The van der Waals surface area contributed by atoms with Crippen LogP contribution in [0, 0.1) is 0 Å². The van der Waals surface area contributed by atoms with Crippen LogP contribution in [-0.4, -0.2) is 73.2 Å². The summed E-state index contributed by atoms with van der Waals surface area (Å²) in [6, 6.07) is 5.51. The molecule has 1 atom stereocenters.